The van der Waals surface area contributed by atoms with Crippen molar-refractivity contribution in [2.75, 3.05) is 13.2 Å². The highest BCUT2D eigenvalue weighted by Crippen LogP contribution is 2.13. The van der Waals surface area contributed by atoms with Crippen molar-refractivity contribution >= 4 is 17.9 Å². The molecule has 6 heteroatoms. The molecular weight excluding hydrogens is 853 g/mol. The molecule has 0 fully saturated rings. The van der Waals surface area contributed by atoms with Gasteiger partial charge in [0.2, 0.25) is 0 Å². The number of allylic oxidation sites excluding steroid dienone is 22. The third-order valence-corrected chi connectivity index (χ3v) is 11.1. The minimum Gasteiger partial charge on any atom is -0.462 e. The van der Waals surface area contributed by atoms with E-state index in [0.717, 1.165) is 96.3 Å². The Morgan fingerprint density at radius 2 is 0.580 bits per heavy atom. The Bertz CT molecular complexity index is 1510. The normalized spacial score (nSPS) is 13.1. The first-order chi connectivity index (χ1) is 34.0. The third kappa shape index (κ3) is 54.4. The number of rotatable bonds is 48. The predicted octanol–water partition coefficient (Wildman–Crippen LogP) is 18.6. The zero-order chi connectivity index (χ0) is 50.0. The Morgan fingerprint density at radius 3 is 0.957 bits per heavy atom. The van der Waals surface area contributed by atoms with Crippen LogP contribution in [0.4, 0.5) is 0 Å². The summed E-state index contributed by atoms with van der Waals surface area (Å²) in [5.41, 5.74) is 0. The first-order valence-electron chi connectivity index (χ1n) is 27.7. The minimum absolute atomic E-state index is 0.125. The van der Waals surface area contributed by atoms with E-state index in [-0.39, 0.29) is 44.0 Å². The van der Waals surface area contributed by atoms with Crippen molar-refractivity contribution in [3.8, 4) is 0 Å². The molecule has 0 aliphatic carbocycles. The van der Waals surface area contributed by atoms with Gasteiger partial charge >= 0.3 is 17.9 Å². The summed E-state index contributed by atoms with van der Waals surface area (Å²) in [6.45, 7) is 6.30. The lowest BCUT2D eigenvalue weighted by atomic mass is 10.1. The van der Waals surface area contributed by atoms with Gasteiger partial charge < -0.3 is 14.2 Å². The number of hydrogen-bond donors (Lipinski definition) is 0. The summed E-state index contributed by atoms with van der Waals surface area (Å²) in [4.78, 5) is 38.1. The second-order valence-electron chi connectivity index (χ2n) is 17.7. The number of hydrogen-bond acceptors (Lipinski definition) is 6. The van der Waals surface area contributed by atoms with Gasteiger partial charge in [-0.25, -0.2) is 0 Å². The van der Waals surface area contributed by atoms with Gasteiger partial charge in [-0.15, -0.1) is 0 Å². The average Bonchev–Trinajstić information content (AvgIpc) is 3.35. The van der Waals surface area contributed by atoms with E-state index in [2.05, 4.69) is 154 Å². The Kier molecular flexibility index (Phi) is 52.5. The van der Waals surface area contributed by atoms with Gasteiger partial charge in [-0.3, -0.25) is 14.4 Å². The Labute approximate surface area is 424 Å². The van der Waals surface area contributed by atoms with Gasteiger partial charge in [0.25, 0.3) is 0 Å². The maximum Gasteiger partial charge on any atom is 0.306 e. The van der Waals surface area contributed by atoms with Crippen molar-refractivity contribution in [2.24, 2.45) is 0 Å². The SMILES string of the molecule is CC/C=C\C/C=C\C/C=C\C/C=C\C/C=C\CCCC(=O)OC[C@@H](COC(=O)CCCCCCCCC/C=C\CCCCCCCC)OC(=O)CCC/C=C\C/C=C\C/C=C\C/C=C\C/C=C\CC. The van der Waals surface area contributed by atoms with Crippen LogP contribution in [0.3, 0.4) is 0 Å². The number of carbonyl (C=O) groups excluding carboxylic acids is 3. The van der Waals surface area contributed by atoms with Gasteiger partial charge in [-0.2, -0.15) is 0 Å². The highest BCUT2D eigenvalue weighted by atomic mass is 16.6. The molecular formula is C63H100O6. The van der Waals surface area contributed by atoms with E-state index in [9.17, 15) is 14.4 Å². The lowest BCUT2D eigenvalue weighted by Crippen LogP contribution is -2.30. The molecule has 69 heavy (non-hydrogen) atoms. The van der Waals surface area contributed by atoms with Crippen LogP contribution in [0.5, 0.6) is 0 Å². The monoisotopic (exact) mass is 953 g/mol. The molecule has 388 valence electrons. The number of carbonyl (C=O) groups is 3. The predicted molar refractivity (Wildman–Crippen MR) is 297 cm³/mol. The van der Waals surface area contributed by atoms with Crippen molar-refractivity contribution in [2.45, 2.75) is 232 Å². The molecule has 0 unspecified atom stereocenters. The number of ether oxygens (including phenoxy) is 3. The van der Waals surface area contributed by atoms with Gasteiger partial charge in [0.15, 0.2) is 6.10 Å². The van der Waals surface area contributed by atoms with Crippen LogP contribution in [0, 0.1) is 0 Å². The van der Waals surface area contributed by atoms with Crippen molar-refractivity contribution in [3.63, 3.8) is 0 Å². The van der Waals surface area contributed by atoms with Crippen LogP contribution in [0.2, 0.25) is 0 Å². The Morgan fingerprint density at radius 1 is 0.304 bits per heavy atom. The first kappa shape index (κ1) is 64.5. The lowest BCUT2D eigenvalue weighted by Gasteiger charge is -2.18. The van der Waals surface area contributed by atoms with Crippen LogP contribution in [0.25, 0.3) is 0 Å². The molecule has 0 radical (unpaired) electrons. The van der Waals surface area contributed by atoms with Crippen molar-refractivity contribution in [3.05, 3.63) is 134 Å². The topological polar surface area (TPSA) is 78.9 Å². The molecule has 0 bridgehead atoms. The molecule has 0 saturated carbocycles. The maximum atomic E-state index is 12.8. The Balaban J connectivity index is 4.59. The van der Waals surface area contributed by atoms with E-state index in [4.69, 9.17) is 14.2 Å². The van der Waals surface area contributed by atoms with Crippen molar-refractivity contribution in [1.82, 2.24) is 0 Å². The van der Waals surface area contributed by atoms with E-state index in [1.807, 2.05) is 0 Å². The van der Waals surface area contributed by atoms with Gasteiger partial charge in [0.1, 0.15) is 13.2 Å². The van der Waals surface area contributed by atoms with Crippen LogP contribution in [-0.2, 0) is 28.6 Å². The molecule has 0 amide bonds. The van der Waals surface area contributed by atoms with Crippen molar-refractivity contribution in [1.29, 1.82) is 0 Å². The molecule has 1 atom stereocenters. The molecule has 0 rings (SSSR count). The highest BCUT2D eigenvalue weighted by Gasteiger charge is 2.19. The Hall–Kier alpha value is -4.45. The second-order valence-corrected chi connectivity index (χ2v) is 17.7. The zero-order valence-electron chi connectivity index (χ0n) is 44.3. The summed E-state index contributed by atoms with van der Waals surface area (Å²) in [5.74, 6) is -1.05. The van der Waals surface area contributed by atoms with Gasteiger partial charge in [-0.05, 0) is 122 Å². The van der Waals surface area contributed by atoms with E-state index in [1.165, 1.54) is 77.0 Å². The largest absolute Gasteiger partial charge is 0.462 e. The summed E-state index contributed by atoms with van der Waals surface area (Å²) in [6, 6.07) is 0. The molecule has 0 aliphatic rings. The molecule has 0 aliphatic heterocycles. The van der Waals surface area contributed by atoms with E-state index < -0.39 is 6.10 Å². The van der Waals surface area contributed by atoms with E-state index in [1.54, 1.807) is 0 Å². The molecule has 0 aromatic carbocycles. The van der Waals surface area contributed by atoms with Crippen LogP contribution < -0.4 is 0 Å². The quantitative estimate of drug-likeness (QED) is 0.0262. The maximum absolute atomic E-state index is 12.8. The lowest BCUT2D eigenvalue weighted by molar-refractivity contribution is -0.167. The fourth-order valence-corrected chi connectivity index (χ4v) is 7.04. The fourth-order valence-electron chi connectivity index (χ4n) is 7.04. The summed E-state index contributed by atoms with van der Waals surface area (Å²) >= 11 is 0. The summed E-state index contributed by atoms with van der Waals surface area (Å²) in [6.07, 6.45) is 78.8. The van der Waals surface area contributed by atoms with Gasteiger partial charge in [0.05, 0.1) is 0 Å². The first-order valence-corrected chi connectivity index (χ1v) is 27.7. The average molecular weight is 953 g/mol. The van der Waals surface area contributed by atoms with Gasteiger partial charge in [-0.1, -0.05) is 219 Å². The summed E-state index contributed by atoms with van der Waals surface area (Å²) in [5, 5.41) is 0. The number of unbranched alkanes of at least 4 members (excludes halogenated alkanes) is 15. The molecule has 0 heterocycles. The van der Waals surface area contributed by atoms with Gasteiger partial charge in [0, 0.05) is 19.3 Å². The zero-order valence-corrected chi connectivity index (χ0v) is 44.3. The van der Waals surface area contributed by atoms with Crippen LogP contribution >= 0.6 is 0 Å². The highest BCUT2D eigenvalue weighted by molar-refractivity contribution is 5.71. The molecule has 0 aromatic heterocycles. The molecule has 0 N–H and O–H groups in total. The van der Waals surface area contributed by atoms with Crippen LogP contribution in [0.1, 0.15) is 226 Å². The smallest absolute Gasteiger partial charge is 0.306 e. The summed E-state index contributed by atoms with van der Waals surface area (Å²) < 4.78 is 16.7. The molecule has 0 saturated heterocycles. The van der Waals surface area contributed by atoms with E-state index >= 15 is 0 Å². The van der Waals surface area contributed by atoms with Crippen molar-refractivity contribution < 1.29 is 28.6 Å². The third-order valence-electron chi connectivity index (χ3n) is 11.1. The van der Waals surface area contributed by atoms with E-state index in [0.29, 0.717) is 19.3 Å². The standard InChI is InChI=1S/C63H100O6/c1-4-7-10-13-16-19-22-25-28-31-34-37-40-43-46-49-52-55-61(64)67-58-60(69-63(66)57-54-51-48-45-42-39-36-33-30-27-24-21-18-15-12-9-6-3)59-68-62(65)56-53-50-47-44-41-38-35-32-29-26-23-20-17-14-11-8-5-2/h7,9-10,12,16,18-19,21,25-30,34,36-37,39,43,45-46,48,60H,4-6,8,11,13-15,17,20,22-24,31-33,35,38,40-42,44,47,49-59H2,1-3H3/b10-7-,12-9-,19-16-,21-18-,28-25-,29-26-,30-27-,37-34-,39-36-,46-43-,48-45-/t60-/m0/s1. The molecule has 6 nitrogen and oxygen atoms in total. The fraction of sp³-hybridized carbons (Fsp3) is 0.603. The van der Waals surface area contributed by atoms with Crippen LogP contribution in [0.15, 0.2) is 134 Å². The summed E-state index contributed by atoms with van der Waals surface area (Å²) in [7, 11) is 0. The molecule has 0 spiro atoms. The second kappa shape index (κ2) is 56.1. The minimum atomic E-state index is -0.838. The number of esters is 3. The van der Waals surface area contributed by atoms with Crippen LogP contribution in [-0.4, -0.2) is 37.2 Å². The molecule has 0 aromatic rings.